The number of nitrogens with zero attached hydrogens (tertiary/aromatic N) is 2. The molecule has 156 valence electrons. The first-order chi connectivity index (χ1) is 14.5. The third-order valence-corrected chi connectivity index (χ3v) is 5.30. The molecular formula is C22H23N3O4S. The Bertz CT molecular complexity index is 1020. The maximum atomic E-state index is 12.1. The Morgan fingerprint density at radius 1 is 1.20 bits per heavy atom. The number of ether oxygens (including phenoxy) is 2. The maximum absolute atomic E-state index is 12.1. The number of nitrogens with one attached hydrogen (secondary N) is 1. The molecule has 1 heterocycles. The summed E-state index contributed by atoms with van der Waals surface area (Å²) in [5, 5.41) is 4.97. The summed E-state index contributed by atoms with van der Waals surface area (Å²) in [6, 6.07) is 11.7. The summed E-state index contributed by atoms with van der Waals surface area (Å²) in [7, 11) is 3.24. The molecule has 0 aliphatic heterocycles. The van der Waals surface area contributed by atoms with Gasteiger partial charge in [-0.2, -0.15) is 0 Å². The molecule has 3 aromatic rings. The zero-order valence-electron chi connectivity index (χ0n) is 17.0. The van der Waals surface area contributed by atoms with E-state index in [0.717, 1.165) is 33.8 Å². The van der Waals surface area contributed by atoms with Gasteiger partial charge in [-0.15, -0.1) is 11.3 Å². The summed E-state index contributed by atoms with van der Waals surface area (Å²) in [5.74, 6) is 1.16. The van der Waals surface area contributed by atoms with Gasteiger partial charge in [0.2, 0.25) is 12.3 Å². The van der Waals surface area contributed by atoms with Gasteiger partial charge >= 0.3 is 0 Å². The fourth-order valence-electron chi connectivity index (χ4n) is 3.06. The molecule has 0 saturated heterocycles. The molecule has 2 amide bonds. The number of thiazole rings is 1. The summed E-state index contributed by atoms with van der Waals surface area (Å²) in [4.78, 5) is 29.1. The van der Waals surface area contributed by atoms with Crippen LogP contribution in [0.15, 0.2) is 48.0 Å². The van der Waals surface area contributed by atoms with E-state index in [4.69, 9.17) is 9.47 Å². The predicted molar refractivity (Wildman–Crippen MR) is 117 cm³/mol. The average molecular weight is 426 g/mol. The molecule has 0 radical (unpaired) electrons. The topological polar surface area (TPSA) is 80.8 Å². The van der Waals surface area contributed by atoms with Crippen molar-refractivity contribution < 1.29 is 19.1 Å². The molecule has 0 bridgehead atoms. The molecule has 0 aliphatic carbocycles. The summed E-state index contributed by atoms with van der Waals surface area (Å²) >= 11 is 1.33. The first-order valence-corrected chi connectivity index (χ1v) is 10.1. The smallest absolute Gasteiger partial charge is 0.245 e. The number of hydrogen-bond acceptors (Lipinski definition) is 6. The predicted octanol–water partition coefficient (Wildman–Crippen LogP) is 3.73. The highest BCUT2D eigenvalue weighted by Crippen LogP contribution is 2.34. The summed E-state index contributed by atoms with van der Waals surface area (Å²) in [6.45, 7) is 2.27. The monoisotopic (exact) mass is 425 g/mol. The molecule has 30 heavy (non-hydrogen) atoms. The molecular weight excluding hydrogens is 402 g/mol. The van der Waals surface area contributed by atoms with Crippen LogP contribution in [0, 0.1) is 6.92 Å². The second kappa shape index (κ2) is 9.89. The van der Waals surface area contributed by atoms with Crippen LogP contribution < -0.4 is 14.8 Å². The molecule has 7 nitrogen and oxygen atoms in total. The van der Waals surface area contributed by atoms with Crippen LogP contribution in [0.4, 0.5) is 5.13 Å². The van der Waals surface area contributed by atoms with E-state index in [1.54, 1.807) is 25.8 Å². The van der Waals surface area contributed by atoms with Gasteiger partial charge in [0.25, 0.3) is 0 Å². The van der Waals surface area contributed by atoms with Crippen LogP contribution in [-0.4, -0.2) is 43.0 Å². The van der Waals surface area contributed by atoms with Crippen molar-refractivity contribution >= 4 is 28.8 Å². The molecule has 0 atom stereocenters. The van der Waals surface area contributed by atoms with E-state index in [9.17, 15) is 9.59 Å². The third-order valence-electron chi connectivity index (χ3n) is 4.61. The van der Waals surface area contributed by atoms with Crippen LogP contribution in [0.3, 0.4) is 0 Å². The first-order valence-electron chi connectivity index (χ1n) is 9.24. The first kappa shape index (κ1) is 21.3. The molecule has 1 N–H and O–H groups in total. The number of carbonyl (C=O) groups excluding carboxylic acids is 2. The summed E-state index contributed by atoms with van der Waals surface area (Å²) in [5.41, 5.74) is 3.91. The van der Waals surface area contributed by atoms with Crippen molar-refractivity contribution in [2.45, 2.75) is 13.5 Å². The molecule has 0 fully saturated rings. The molecule has 1 aromatic heterocycles. The Morgan fingerprint density at radius 3 is 2.67 bits per heavy atom. The van der Waals surface area contributed by atoms with E-state index in [0.29, 0.717) is 18.1 Å². The van der Waals surface area contributed by atoms with Crippen molar-refractivity contribution in [3.8, 4) is 22.6 Å². The Kier molecular flexibility index (Phi) is 7.03. The van der Waals surface area contributed by atoms with Gasteiger partial charge in [-0.1, -0.05) is 18.2 Å². The van der Waals surface area contributed by atoms with Gasteiger partial charge in [0.1, 0.15) is 18.0 Å². The molecule has 8 heteroatoms. The highest BCUT2D eigenvalue weighted by Gasteiger charge is 2.13. The van der Waals surface area contributed by atoms with Gasteiger partial charge in [-0.05, 0) is 35.7 Å². The lowest BCUT2D eigenvalue weighted by molar-refractivity contribution is -0.125. The third kappa shape index (κ3) is 5.15. The van der Waals surface area contributed by atoms with E-state index >= 15 is 0 Å². The maximum Gasteiger partial charge on any atom is 0.245 e. The van der Waals surface area contributed by atoms with E-state index in [1.807, 2.05) is 43.3 Å². The number of aryl methyl sites for hydroxylation is 1. The van der Waals surface area contributed by atoms with Crippen molar-refractivity contribution in [2.24, 2.45) is 0 Å². The second-order valence-electron chi connectivity index (χ2n) is 6.60. The summed E-state index contributed by atoms with van der Waals surface area (Å²) in [6.07, 6.45) is 2.29. The van der Waals surface area contributed by atoms with Crippen molar-refractivity contribution in [2.75, 3.05) is 26.1 Å². The van der Waals surface area contributed by atoms with Crippen LogP contribution in [0.5, 0.6) is 11.5 Å². The quantitative estimate of drug-likeness (QED) is 0.529. The lowest BCUT2D eigenvalue weighted by Crippen LogP contribution is -2.32. The van der Waals surface area contributed by atoms with Crippen molar-refractivity contribution in [1.82, 2.24) is 9.88 Å². The van der Waals surface area contributed by atoms with Gasteiger partial charge in [-0.3, -0.25) is 9.59 Å². The van der Waals surface area contributed by atoms with Gasteiger partial charge in [0.15, 0.2) is 5.13 Å². The molecule has 0 spiro atoms. The minimum atomic E-state index is -0.283. The zero-order valence-corrected chi connectivity index (χ0v) is 17.9. The lowest BCUT2D eigenvalue weighted by Gasteiger charge is -2.19. The van der Waals surface area contributed by atoms with Gasteiger partial charge in [-0.25, -0.2) is 4.98 Å². The number of rotatable bonds is 9. The Morgan fingerprint density at radius 2 is 2.03 bits per heavy atom. The van der Waals surface area contributed by atoms with Crippen molar-refractivity contribution in [3.05, 3.63) is 59.1 Å². The van der Waals surface area contributed by atoms with Crippen LogP contribution in [0.1, 0.15) is 11.1 Å². The number of hydrogen-bond donors (Lipinski definition) is 1. The Hall–Kier alpha value is -3.39. The molecule has 0 saturated carbocycles. The molecule has 3 rings (SSSR count). The number of benzene rings is 2. The number of methoxy groups -OCH3 is 2. The molecule has 0 aliphatic rings. The molecule has 0 unspecified atom stereocenters. The van der Waals surface area contributed by atoms with Crippen LogP contribution >= 0.6 is 11.3 Å². The average Bonchev–Trinajstić information content (AvgIpc) is 3.26. The Labute approximate surface area is 179 Å². The fraction of sp³-hybridized carbons (Fsp3) is 0.227. The van der Waals surface area contributed by atoms with E-state index in [2.05, 4.69) is 10.3 Å². The van der Waals surface area contributed by atoms with Gasteiger partial charge in [0.05, 0.1) is 14.2 Å². The SMILES string of the molecule is COc1ccc(-c2ccc(CN(C=O)CC(=O)Nc3nccs3)c(C)c2)c(OC)c1. The fourth-order valence-corrected chi connectivity index (χ4v) is 3.60. The Balaban J connectivity index is 1.73. The number of amides is 2. The zero-order chi connectivity index (χ0) is 21.5. The number of aromatic nitrogens is 1. The lowest BCUT2D eigenvalue weighted by atomic mass is 9.98. The van der Waals surface area contributed by atoms with E-state index in [-0.39, 0.29) is 12.5 Å². The van der Waals surface area contributed by atoms with Gasteiger partial charge < -0.3 is 19.7 Å². The highest BCUT2D eigenvalue weighted by molar-refractivity contribution is 7.13. The van der Waals surface area contributed by atoms with Crippen LogP contribution in [0.2, 0.25) is 0 Å². The van der Waals surface area contributed by atoms with Gasteiger partial charge in [0, 0.05) is 29.8 Å². The van der Waals surface area contributed by atoms with Crippen LogP contribution in [0.25, 0.3) is 11.1 Å². The normalized spacial score (nSPS) is 10.4. The van der Waals surface area contributed by atoms with Crippen molar-refractivity contribution in [3.63, 3.8) is 0 Å². The number of carbonyl (C=O) groups is 2. The molecule has 2 aromatic carbocycles. The number of anilines is 1. The van der Waals surface area contributed by atoms with E-state index < -0.39 is 0 Å². The minimum absolute atomic E-state index is 0.0451. The van der Waals surface area contributed by atoms with Crippen molar-refractivity contribution in [1.29, 1.82) is 0 Å². The van der Waals surface area contributed by atoms with Crippen LogP contribution in [-0.2, 0) is 16.1 Å². The standard InChI is InChI=1S/C22H23N3O4S/c1-15-10-16(19-7-6-18(28-2)11-20(19)29-3)4-5-17(15)12-25(14-26)13-21(27)24-22-23-8-9-30-22/h4-11,14H,12-13H2,1-3H3,(H,23,24,27). The second-order valence-corrected chi connectivity index (χ2v) is 7.50. The largest absolute Gasteiger partial charge is 0.497 e. The van der Waals surface area contributed by atoms with E-state index in [1.165, 1.54) is 16.2 Å². The minimum Gasteiger partial charge on any atom is -0.497 e. The highest BCUT2D eigenvalue weighted by atomic mass is 32.1. The summed E-state index contributed by atoms with van der Waals surface area (Å²) < 4.78 is 10.8.